The molecule has 0 aliphatic heterocycles. The van der Waals surface area contributed by atoms with E-state index in [0.29, 0.717) is 12.8 Å². The first-order valence-corrected chi connectivity index (χ1v) is 33.1. The summed E-state index contributed by atoms with van der Waals surface area (Å²) in [5, 5.41) is 9.70. The van der Waals surface area contributed by atoms with E-state index in [1.54, 1.807) is 0 Å². The Morgan fingerprint density at radius 3 is 0.769 bits per heavy atom. The van der Waals surface area contributed by atoms with E-state index in [4.69, 9.17) is 9.47 Å². The number of hydrogen-bond acceptors (Lipinski definition) is 5. The molecule has 5 nitrogen and oxygen atoms in total. The Bertz CT molecular complexity index is 1550. The minimum absolute atomic E-state index is 0.0686. The lowest BCUT2D eigenvalue weighted by Crippen LogP contribution is -2.28. The van der Waals surface area contributed by atoms with Crippen molar-refractivity contribution in [2.24, 2.45) is 0 Å². The predicted octanol–water partition coefficient (Wildman–Crippen LogP) is 23.0. The summed E-state index contributed by atoms with van der Waals surface area (Å²) in [5.74, 6) is -0.584. The topological polar surface area (TPSA) is 72.8 Å². The van der Waals surface area contributed by atoms with Gasteiger partial charge in [-0.25, -0.2) is 0 Å². The van der Waals surface area contributed by atoms with E-state index in [1.165, 1.54) is 180 Å². The second kappa shape index (κ2) is 67.6. The van der Waals surface area contributed by atoms with E-state index in [-0.39, 0.29) is 25.2 Å². The summed E-state index contributed by atoms with van der Waals surface area (Å²) >= 11 is 0. The number of aliphatic hydroxyl groups excluding tert-OH is 1. The molecule has 0 aromatic heterocycles. The Morgan fingerprint density at radius 2 is 0.513 bits per heavy atom. The van der Waals surface area contributed by atoms with Crippen molar-refractivity contribution in [1.82, 2.24) is 0 Å². The first-order chi connectivity index (χ1) is 38.6. The second-order valence-corrected chi connectivity index (χ2v) is 21.8. The molecule has 0 rings (SSSR count). The molecular weight excluding hydrogens is 957 g/mol. The average Bonchev–Trinajstić information content (AvgIpc) is 3.44. The van der Waals surface area contributed by atoms with E-state index in [9.17, 15) is 14.7 Å². The summed E-state index contributed by atoms with van der Waals surface area (Å²) < 4.78 is 10.8. The van der Waals surface area contributed by atoms with Crippen molar-refractivity contribution in [1.29, 1.82) is 0 Å². The van der Waals surface area contributed by atoms with Gasteiger partial charge in [-0.2, -0.15) is 0 Å². The van der Waals surface area contributed by atoms with Crippen LogP contribution < -0.4 is 0 Å². The molecule has 446 valence electrons. The maximum absolute atomic E-state index is 12.4. The average molecular weight is 1080 g/mol. The highest BCUT2D eigenvalue weighted by molar-refractivity contribution is 5.70. The maximum Gasteiger partial charge on any atom is 0.306 e. The maximum atomic E-state index is 12.4. The number of unbranched alkanes of at least 4 members (excludes halogenated alkanes) is 32. The molecule has 0 heterocycles. The van der Waals surface area contributed by atoms with Crippen LogP contribution in [-0.2, 0) is 19.1 Å². The van der Waals surface area contributed by atoms with E-state index in [1.807, 2.05) is 0 Å². The highest BCUT2D eigenvalue weighted by atomic mass is 16.6. The Labute approximate surface area is 483 Å². The first kappa shape index (κ1) is 74.3. The van der Waals surface area contributed by atoms with Gasteiger partial charge in [-0.3, -0.25) is 9.59 Å². The fourth-order valence-electron chi connectivity index (χ4n) is 9.38. The predicted molar refractivity (Wildman–Crippen MR) is 343 cm³/mol. The lowest BCUT2D eigenvalue weighted by atomic mass is 10.0. The van der Waals surface area contributed by atoms with Crippen molar-refractivity contribution in [2.75, 3.05) is 13.2 Å². The van der Waals surface area contributed by atoms with Crippen LogP contribution in [0.4, 0.5) is 0 Å². The molecule has 0 saturated heterocycles. The van der Waals surface area contributed by atoms with Crippen LogP contribution in [0, 0.1) is 0 Å². The number of aliphatic hydroxyl groups is 1. The van der Waals surface area contributed by atoms with E-state index in [2.05, 4.69) is 135 Å². The molecule has 0 aromatic carbocycles. The monoisotopic (exact) mass is 1080 g/mol. The molecule has 0 aliphatic carbocycles. The van der Waals surface area contributed by atoms with Crippen molar-refractivity contribution in [3.05, 3.63) is 122 Å². The fraction of sp³-hybridized carbons (Fsp3) is 0.699. The SMILES string of the molecule is CC/C=C\C/C=C\C/C=C\C/C=C\C/C=C\CCCCCCCCCCCCCCCCCCCCCC(=O)OC(CO)COC(=O)CCCCCCCCCCCCCCC/C=C\C/C=C\C/C=C\C/C=C\C/C=C\CC. The highest BCUT2D eigenvalue weighted by Crippen LogP contribution is 2.17. The molecule has 0 aromatic rings. The van der Waals surface area contributed by atoms with Crippen LogP contribution in [0.2, 0.25) is 0 Å². The molecule has 1 atom stereocenters. The zero-order valence-corrected chi connectivity index (χ0v) is 51.1. The van der Waals surface area contributed by atoms with Gasteiger partial charge in [0.2, 0.25) is 0 Å². The lowest BCUT2D eigenvalue weighted by Gasteiger charge is -2.15. The van der Waals surface area contributed by atoms with Crippen molar-refractivity contribution in [2.45, 2.75) is 315 Å². The van der Waals surface area contributed by atoms with Crippen LogP contribution >= 0.6 is 0 Å². The van der Waals surface area contributed by atoms with Gasteiger partial charge in [-0.15, -0.1) is 0 Å². The molecule has 1 N–H and O–H groups in total. The van der Waals surface area contributed by atoms with Crippen LogP contribution in [0.15, 0.2) is 122 Å². The molecule has 0 spiro atoms. The van der Waals surface area contributed by atoms with Gasteiger partial charge in [0.25, 0.3) is 0 Å². The highest BCUT2D eigenvalue weighted by Gasteiger charge is 2.16. The molecular formula is C73H124O5. The minimum atomic E-state index is -0.779. The molecule has 5 heteroatoms. The Morgan fingerprint density at radius 1 is 0.295 bits per heavy atom. The van der Waals surface area contributed by atoms with Crippen LogP contribution in [0.5, 0.6) is 0 Å². The number of rotatable bonds is 60. The molecule has 1 unspecified atom stereocenters. The van der Waals surface area contributed by atoms with Crippen molar-refractivity contribution < 1.29 is 24.2 Å². The largest absolute Gasteiger partial charge is 0.462 e. The molecule has 0 radical (unpaired) electrons. The van der Waals surface area contributed by atoms with Gasteiger partial charge in [0, 0.05) is 12.8 Å². The summed E-state index contributed by atoms with van der Waals surface area (Å²) in [4.78, 5) is 24.6. The van der Waals surface area contributed by atoms with E-state index >= 15 is 0 Å². The Hall–Kier alpha value is -3.70. The molecule has 0 aliphatic rings. The van der Waals surface area contributed by atoms with Gasteiger partial charge in [0.15, 0.2) is 6.10 Å². The summed E-state index contributed by atoms with van der Waals surface area (Å²) in [5.41, 5.74) is 0. The third-order valence-electron chi connectivity index (χ3n) is 14.3. The molecule has 0 amide bonds. The minimum Gasteiger partial charge on any atom is -0.462 e. The second-order valence-electron chi connectivity index (χ2n) is 21.8. The van der Waals surface area contributed by atoms with Crippen molar-refractivity contribution in [3.8, 4) is 0 Å². The summed E-state index contributed by atoms with van der Waals surface area (Å²) in [7, 11) is 0. The van der Waals surface area contributed by atoms with Gasteiger partial charge in [-0.1, -0.05) is 315 Å². The molecule has 0 bridgehead atoms. The van der Waals surface area contributed by atoms with Gasteiger partial charge >= 0.3 is 11.9 Å². The number of ether oxygens (including phenoxy) is 2. The number of carbonyl (C=O) groups excluding carboxylic acids is 2. The number of hydrogen-bond donors (Lipinski definition) is 1. The third kappa shape index (κ3) is 64.8. The van der Waals surface area contributed by atoms with Crippen LogP contribution in [0.25, 0.3) is 0 Å². The molecule has 0 fully saturated rings. The van der Waals surface area contributed by atoms with Crippen LogP contribution in [0.1, 0.15) is 309 Å². The van der Waals surface area contributed by atoms with Gasteiger partial charge in [0.1, 0.15) is 6.61 Å². The zero-order valence-electron chi connectivity index (χ0n) is 51.1. The zero-order chi connectivity index (χ0) is 56.2. The normalized spacial score (nSPS) is 13.0. The Balaban J connectivity index is 3.46. The summed E-state index contributed by atoms with van der Waals surface area (Å²) in [6.45, 7) is 3.94. The third-order valence-corrected chi connectivity index (χ3v) is 14.3. The number of carbonyl (C=O) groups is 2. The van der Waals surface area contributed by atoms with Crippen molar-refractivity contribution in [3.63, 3.8) is 0 Å². The summed E-state index contributed by atoms with van der Waals surface area (Å²) in [6.07, 6.45) is 99.2. The smallest absolute Gasteiger partial charge is 0.306 e. The quantitative estimate of drug-likeness (QED) is 0.0373. The van der Waals surface area contributed by atoms with Crippen LogP contribution in [-0.4, -0.2) is 36.4 Å². The van der Waals surface area contributed by atoms with Crippen molar-refractivity contribution >= 4 is 11.9 Å². The van der Waals surface area contributed by atoms with E-state index in [0.717, 1.165) is 103 Å². The fourth-order valence-corrected chi connectivity index (χ4v) is 9.38. The van der Waals surface area contributed by atoms with Gasteiger partial charge < -0.3 is 14.6 Å². The number of esters is 2. The molecule has 0 saturated carbocycles. The van der Waals surface area contributed by atoms with Gasteiger partial charge in [-0.05, 0) is 103 Å². The standard InChI is InChI=1S/C73H124O5/c1-3-5-7-9-11-13-15-17-19-21-23-25-27-29-31-33-34-35-36-37-38-40-42-44-46-48-50-52-54-56-58-60-62-64-66-68-73(76)78-71(69-74)70-77-72(75)67-65-63-61-59-57-55-53-51-49-47-45-43-41-39-32-30-28-26-24-22-20-18-16-14-12-10-8-6-4-2/h5-8,11-14,17-20,23-26,29-32,71,74H,3-4,9-10,15-16,21-22,27-28,33-70H2,1-2H3/b7-5-,8-6-,13-11-,14-12-,19-17-,20-18-,25-23-,26-24-,31-29-,32-30-. The van der Waals surface area contributed by atoms with Crippen LogP contribution in [0.3, 0.4) is 0 Å². The number of allylic oxidation sites excluding steroid dienone is 20. The summed E-state index contributed by atoms with van der Waals surface area (Å²) in [6, 6.07) is 0. The lowest BCUT2D eigenvalue weighted by molar-refractivity contribution is -0.161. The Kier molecular flexibility index (Phi) is 64.4. The van der Waals surface area contributed by atoms with E-state index < -0.39 is 6.10 Å². The van der Waals surface area contributed by atoms with Gasteiger partial charge in [0.05, 0.1) is 6.61 Å². The first-order valence-electron chi connectivity index (χ1n) is 33.1. The molecule has 78 heavy (non-hydrogen) atoms.